The van der Waals surface area contributed by atoms with Gasteiger partial charge in [-0.05, 0) is 12.5 Å². The van der Waals surface area contributed by atoms with Crippen molar-refractivity contribution in [2.45, 2.75) is 26.1 Å². The van der Waals surface area contributed by atoms with Crippen molar-refractivity contribution in [3.05, 3.63) is 46.4 Å². The van der Waals surface area contributed by atoms with Crippen molar-refractivity contribution in [3.8, 4) is 0 Å². The van der Waals surface area contributed by atoms with E-state index in [0.717, 1.165) is 13.0 Å². The van der Waals surface area contributed by atoms with E-state index >= 15 is 0 Å². The molecule has 1 aliphatic rings. The van der Waals surface area contributed by atoms with E-state index in [-0.39, 0.29) is 24.6 Å². The van der Waals surface area contributed by atoms with E-state index < -0.39 is 0 Å². The number of aromatic nitrogens is 4. The SMILES string of the molecule is COCC(=O)NCc1cc(=O)n2c(n1)CN(c1ncccn1)CCC2. The van der Waals surface area contributed by atoms with E-state index in [0.29, 0.717) is 30.6 Å². The van der Waals surface area contributed by atoms with Gasteiger partial charge in [-0.25, -0.2) is 15.0 Å². The fourth-order valence-electron chi connectivity index (χ4n) is 2.72. The van der Waals surface area contributed by atoms with Gasteiger partial charge in [0.2, 0.25) is 11.9 Å². The van der Waals surface area contributed by atoms with Crippen molar-refractivity contribution >= 4 is 11.9 Å². The molecule has 0 aromatic carbocycles. The van der Waals surface area contributed by atoms with E-state index in [1.807, 2.05) is 4.90 Å². The molecule has 3 rings (SSSR count). The van der Waals surface area contributed by atoms with Crippen LogP contribution in [0.4, 0.5) is 5.95 Å². The summed E-state index contributed by atoms with van der Waals surface area (Å²) >= 11 is 0. The third-order valence-electron chi connectivity index (χ3n) is 3.86. The minimum atomic E-state index is -0.251. The molecule has 0 radical (unpaired) electrons. The molecule has 1 amide bonds. The van der Waals surface area contributed by atoms with Gasteiger partial charge in [0.25, 0.3) is 5.56 Å². The monoisotopic (exact) mass is 344 g/mol. The molecule has 0 fully saturated rings. The number of fused-ring (bicyclic) bond motifs is 1. The molecule has 0 aliphatic carbocycles. The normalized spacial score (nSPS) is 13.9. The number of methoxy groups -OCH3 is 1. The largest absolute Gasteiger partial charge is 0.375 e. The first-order chi connectivity index (χ1) is 12.2. The van der Waals surface area contributed by atoms with Crippen molar-refractivity contribution in [3.63, 3.8) is 0 Å². The summed E-state index contributed by atoms with van der Waals surface area (Å²) in [7, 11) is 1.45. The third-order valence-corrected chi connectivity index (χ3v) is 3.86. The van der Waals surface area contributed by atoms with Crippen molar-refractivity contribution in [2.24, 2.45) is 0 Å². The van der Waals surface area contributed by atoms with Crippen LogP contribution < -0.4 is 15.8 Å². The number of rotatable bonds is 5. The summed E-state index contributed by atoms with van der Waals surface area (Å²) in [6.45, 7) is 1.95. The third kappa shape index (κ3) is 4.18. The standard InChI is InChI=1S/C16H20N6O3/c1-25-11-14(23)19-9-12-8-15(24)22-7-3-6-21(10-13(22)20-12)16-17-4-2-5-18-16/h2,4-5,8H,3,6-7,9-11H2,1H3,(H,19,23). The van der Waals surface area contributed by atoms with E-state index in [9.17, 15) is 9.59 Å². The van der Waals surface area contributed by atoms with Gasteiger partial charge in [-0.3, -0.25) is 14.2 Å². The molecule has 1 N–H and O–H groups in total. The van der Waals surface area contributed by atoms with Crippen LogP contribution in [0.3, 0.4) is 0 Å². The van der Waals surface area contributed by atoms with Gasteiger partial charge in [0.15, 0.2) is 0 Å². The van der Waals surface area contributed by atoms with Crippen LogP contribution in [0.2, 0.25) is 0 Å². The summed E-state index contributed by atoms with van der Waals surface area (Å²) in [5.74, 6) is 1.01. The maximum atomic E-state index is 12.4. The molecule has 0 saturated carbocycles. The Morgan fingerprint density at radius 1 is 1.32 bits per heavy atom. The summed E-state index contributed by atoms with van der Waals surface area (Å²) in [5, 5.41) is 2.68. The average Bonchev–Trinajstić information content (AvgIpc) is 2.84. The Morgan fingerprint density at radius 3 is 2.88 bits per heavy atom. The topological polar surface area (TPSA) is 102 Å². The number of hydrogen-bond acceptors (Lipinski definition) is 7. The predicted octanol–water partition coefficient (Wildman–Crippen LogP) is -0.294. The van der Waals surface area contributed by atoms with Crippen LogP contribution >= 0.6 is 0 Å². The van der Waals surface area contributed by atoms with Gasteiger partial charge in [0.05, 0.1) is 18.8 Å². The highest BCUT2D eigenvalue weighted by atomic mass is 16.5. The van der Waals surface area contributed by atoms with Crippen LogP contribution in [0.1, 0.15) is 17.9 Å². The molecule has 0 spiro atoms. The molecule has 2 aromatic rings. The molecule has 3 heterocycles. The summed E-state index contributed by atoms with van der Waals surface area (Å²) in [6, 6.07) is 3.23. The van der Waals surface area contributed by atoms with Crippen molar-refractivity contribution in [1.29, 1.82) is 0 Å². The van der Waals surface area contributed by atoms with Crippen LogP contribution in [0.5, 0.6) is 0 Å². The number of hydrogen-bond donors (Lipinski definition) is 1. The molecular formula is C16H20N6O3. The Labute approximate surface area is 144 Å². The minimum Gasteiger partial charge on any atom is -0.375 e. The zero-order valence-corrected chi connectivity index (χ0v) is 14.0. The van der Waals surface area contributed by atoms with Crippen LogP contribution in [0, 0.1) is 0 Å². The number of nitrogens with one attached hydrogen (secondary N) is 1. The predicted molar refractivity (Wildman–Crippen MR) is 89.9 cm³/mol. The first-order valence-electron chi connectivity index (χ1n) is 8.04. The maximum absolute atomic E-state index is 12.4. The summed E-state index contributed by atoms with van der Waals surface area (Å²) < 4.78 is 6.44. The fraction of sp³-hybridized carbons (Fsp3) is 0.438. The molecule has 1 aliphatic heterocycles. The second-order valence-corrected chi connectivity index (χ2v) is 5.69. The second-order valence-electron chi connectivity index (χ2n) is 5.69. The molecule has 0 bridgehead atoms. The minimum absolute atomic E-state index is 0.0248. The lowest BCUT2D eigenvalue weighted by Gasteiger charge is -2.19. The zero-order chi connectivity index (χ0) is 17.6. The van der Waals surface area contributed by atoms with Gasteiger partial charge in [0, 0.05) is 38.7 Å². The van der Waals surface area contributed by atoms with E-state index in [4.69, 9.17) is 4.74 Å². The van der Waals surface area contributed by atoms with Crippen molar-refractivity contribution < 1.29 is 9.53 Å². The smallest absolute Gasteiger partial charge is 0.253 e. The Morgan fingerprint density at radius 2 is 2.12 bits per heavy atom. The molecule has 9 heteroatoms. The molecule has 0 saturated heterocycles. The fourth-order valence-corrected chi connectivity index (χ4v) is 2.72. The lowest BCUT2D eigenvalue weighted by molar-refractivity contribution is -0.124. The van der Waals surface area contributed by atoms with Crippen LogP contribution in [-0.2, 0) is 29.2 Å². The molecule has 0 unspecified atom stereocenters. The van der Waals surface area contributed by atoms with E-state index in [1.54, 1.807) is 23.0 Å². The maximum Gasteiger partial charge on any atom is 0.253 e. The first kappa shape index (κ1) is 17.0. The van der Waals surface area contributed by atoms with E-state index in [1.165, 1.54) is 13.2 Å². The number of carbonyl (C=O) groups excluding carboxylic acids is 1. The lowest BCUT2D eigenvalue weighted by atomic mass is 10.3. The Hall–Kier alpha value is -2.81. The number of nitrogens with zero attached hydrogens (tertiary/aromatic N) is 5. The summed E-state index contributed by atoms with van der Waals surface area (Å²) in [5.41, 5.74) is 0.411. The van der Waals surface area contributed by atoms with Gasteiger partial charge in [-0.1, -0.05) is 0 Å². The van der Waals surface area contributed by atoms with Gasteiger partial charge >= 0.3 is 0 Å². The van der Waals surface area contributed by atoms with E-state index in [2.05, 4.69) is 20.3 Å². The highest BCUT2D eigenvalue weighted by Crippen LogP contribution is 2.14. The Bertz CT molecular complexity index is 792. The number of anilines is 1. The highest BCUT2D eigenvalue weighted by Gasteiger charge is 2.19. The quantitative estimate of drug-likeness (QED) is 0.795. The molecule has 25 heavy (non-hydrogen) atoms. The van der Waals surface area contributed by atoms with Gasteiger partial charge < -0.3 is 15.0 Å². The molecule has 2 aromatic heterocycles. The van der Waals surface area contributed by atoms with Crippen molar-refractivity contribution in [1.82, 2.24) is 24.8 Å². The highest BCUT2D eigenvalue weighted by molar-refractivity contribution is 5.77. The molecular weight excluding hydrogens is 324 g/mol. The number of ether oxygens (including phenoxy) is 1. The lowest BCUT2D eigenvalue weighted by Crippen LogP contribution is -2.31. The van der Waals surface area contributed by atoms with Crippen LogP contribution in [-0.4, -0.2) is 45.7 Å². The average molecular weight is 344 g/mol. The van der Waals surface area contributed by atoms with Crippen LogP contribution in [0.25, 0.3) is 0 Å². The van der Waals surface area contributed by atoms with Gasteiger partial charge in [0.1, 0.15) is 12.4 Å². The Kier molecular flexibility index (Phi) is 5.34. The first-order valence-corrected chi connectivity index (χ1v) is 8.04. The summed E-state index contributed by atoms with van der Waals surface area (Å²) in [4.78, 5) is 39.0. The van der Waals surface area contributed by atoms with Crippen molar-refractivity contribution in [2.75, 3.05) is 25.2 Å². The van der Waals surface area contributed by atoms with Gasteiger partial charge in [-0.15, -0.1) is 0 Å². The zero-order valence-electron chi connectivity index (χ0n) is 14.0. The second kappa shape index (κ2) is 7.84. The number of amides is 1. The molecule has 132 valence electrons. The summed E-state index contributed by atoms with van der Waals surface area (Å²) in [6.07, 6.45) is 4.18. The molecule has 9 nitrogen and oxygen atoms in total. The Balaban J connectivity index is 1.81. The number of carbonyl (C=O) groups is 1. The molecule has 0 atom stereocenters. The van der Waals surface area contributed by atoms with Gasteiger partial charge in [-0.2, -0.15) is 0 Å². The van der Waals surface area contributed by atoms with Crippen LogP contribution in [0.15, 0.2) is 29.3 Å².